The van der Waals surface area contributed by atoms with Gasteiger partial charge in [0.15, 0.2) is 0 Å². The zero-order chi connectivity index (χ0) is 20.8. The fourth-order valence-electron chi connectivity index (χ4n) is 2.68. The standard InChI is InChI=1S/C22H21N3O4/c1-14-4-9-20(29-3)19(10-14)25-22(27)16-11-15(12-23-13-16)21(26)24-17-5-7-18(28-2)8-6-17/h4-13H,1-3H3,(H,24,26)(H,25,27). The molecule has 2 amide bonds. The summed E-state index contributed by atoms with van der Waals surface area (Å²) in [4.78, 5) is 29.2. The predicted molar refractivity (Wildman–Crippen MR) is 111 cm³/mol. The number of rotatable bonds is 6. The van der Waals surface area contributed by atoms with Crippen LogP contribution in [0.2, 0.25) is 0 Å². The lowest BCUT2D eigenvalue weighted by atomic mass is 10.1. The van der Waals surface area contributed by atoms with Crippen molar-refractivity contribution in [2.24, 2.45) is 0 Å². The molecule has 2 aromatic carbocycles. The molecule has 29 heavy (non-hydrogen) atoms. The van der Waals surface area contributed by atoms with Crippen molar-refractivity contribution < 1.29 is 19.1 Å². The fraction of sp³-hybridized carbons (Fsp3) is 0.136. The van der Waals surface area contributed by atoms with Crippen LogP contribution in [-0.4, -0.2) is 31.0 Å². The van der Waals surface area contributed by atoms with Gasteiger partial charge in [-0.25, -0.2) is 0 Å². The van der Waals surface area contributed by atoms with Gasteiger partial charge in [0.2, 0.25) is 0 Å². The molecule has 3 rings (SSSR count). The molecule has 7 nitrogen and oxygen atoms in total. The number of aryl methyl sites for hydroxylation is 1. The molecule has 0 saturated carbocycles. The molecule has 0 bridgehead atoms. The van der Waals surface area contributed by atoms with E-state index in [1.54, 1.807) is 37.4 Å². The van der Waals surface area contributed by atoms with Crippen molar-refractivity contribution in [3.63, 3.8) is 0 Å². The summed E-state index contributed by atoms with van der Waals surface area (Å²) in [6, 6.07) is 13.9. The quantitative estimate of drug-likeness (QED) is 0.665. The minimum Gasteiger partial charge on any atom is -0.497 e. The summed E-state index contributed by atoms with van der Waals surface area (Å²) in [5, 5.41) is 5.56. The van der Waals surface area contributed by atoms with Crippen LogP contribution < -0.4 is 20.1 Å². The first-order valence-corrected chi connectivity index (χ1v) is 8.86. The Balaban J connectivity index is 1.75. The summed E-state index contributed by atoms with van der Waals surface area (Å²) in [6.45, 7) is 1.92. The summed E-state index contributed by atoms with van der Waals surface area (Å²) >= 11 is 0. The lowest BCUT2D eigenvalue weighted by molar-refractivity contribution is 0.102. The highest BCUT2D eigenvalue weighted by atomic mass is 16.5. The first kappa shape index (κ1) is 19.9. The van der Waals surface area contributed by atoms with Crippen molar-refractivity contribution in [2.45, 2.75) is 6.92 Å². The number of nitrogens with zero attached hydrogens (tertiary/aromatic N) is 1. The SMILES string of the molecule is COc1ccc(NC(=O)c2cncc(C(=O)Nc3cc(C)ccc3OC)c2)cc1. The molecule has 7 heteroatoms. The van der Waals surface area contributed by atoms with Gasteiger partial charge in [-0.05, 0) is 55.0 Å². The summed E-state index contributed by atoms with van der Waals surface area (Å²) in [7, 11) is 3.11. The lowest BCUT2D eigenvalue weighted by Crippen LogP contribution is -2.16. The number of aromatic nitrogens is 1. The number of nitrogens with one attached hydrogen (secondary N) is 2. The normalized spacial score (nSPS) is 10.2. The molecule has 2 N–H and O–H groups in total. The van der Waals surface area contributed by atoms with Gasteiger partial charge < -0.3 is 20.1 Å². The van der Waals surface area contributed by atoms with Gasteiger partial charge in [-0.2, -0.15) is 0 Å². The molecular weight excluding hydrogens is 370 g/mol. The summed E-state index contributed by atoms with van der Waals surface area (Å²) in [5.74, 6) is 0.478. The average molecular weight is 391 g/mol. The van der Waals surface area contributed by atoms with E-state index in [9.17, 15) is 9.59 Å². The van der Waals surface area contributed by atoms with E-state index in [4.69, 9.17) is 9.47 Å². The second-order valence-corrected chi connectivity index (χ2v) is 6.30. The zero-order valence-corrected chi connectivity index (χ0v) is 16.4. The Morgan fingerprint density at radius 1 is 0.828 bits per heavy atom. The van der Waals surface area contributed by atoms with Gasteiger partial charge in [0.25, 0.3) is 11.8 Å². The van der Waals surface area contributed by atoms with Gasteiger partial charge in [0, 0.05) is 18.1 Å². The number of methoxy groups -OCH3 is 2. The first-order valence-electron chi connectivity index (χ1n) is 8.86. The summed E-state index contributed by atoms with van der Waals surface area (Å²) in [6.07, 6.45) is 2.81. The van der Waals surface area contributed by atoms with Crippen molar-refractivity contribution in [3.05, 3.63) is 77.6 Å². The van der Waals surface area contributed by atoms with Crippen LogP contribution in [0.3, 0.4) is 0 Å². The maximum atomic E-state index is 12.6. The number of benzene rings is 2. The number of hydrogen-bond donors (Lipinski definition) is 2. The van der Waals surface area contributed by atoms with Crippen molar-refractivity contribution in [1.29, 1.82) is 0 Å². The van der Waals surface area contributed by atoms with Crippen LogP contribution in [0.1, 0.15) is 26.3 Å². The van der Waals surface area contributed by atoms with E-state index in [1.807, 2.05) is 19.1 Å². The Hall–Kier alpha value is -3.87. The maximum Gasteiger partial charge on any atom is 0.257 e. The molecule has 0 aliphatic rings. The van der Waals surface area contributed by atoms with Gasteiger partial charge in [0.1, 0.15) is 11.5 Å². The molecule has 0 atom stereocenters. The van der Waals surface area contributed by atoms with Gasteiger partial charge in [-0.3, -0.25) is 14.6 Å². The van der Waals surface area contributed by atoms with Crippen molar-refractivity contribution in [2.75, 3.05) is 24.9 Å². The third kappa shape index (κ3) is 4.90. The monoisotopic (exact) mass is 391 g/mol. The smallest absolute Gasteiger partial charge is 0.257 e. The van der Waals surface area contributed by atoms with Gasteiger partial charge in [0.05, 0.1) is 31.0 Å². The largest absolute Gasteiger partial charge is 0.497 e. The van der Waals surface area contributed by atoms with E-state index >= 15 is 0 Å². The highest BCUT2D eigenvalue weighted by Gasteiger charge is 2.14. The van der Waals surface area contributed by atoms with E-state index in [0.717, 1.165) is 5.56 Å². The maximum absolute atomic E-state index is 12.6. The molecule has 0 unspecified atom stereocenters. The van der Waals surface area contributed by atoms with Crippen LogP contribution in [0.25, 0.3) is 0 Å². The molecule has 148 valence electrons. The number of carbonyl (C=O) groups excluding carboxylic acids is 2. The predicted octanol–water partition coefficient (Wildman–Crippen LogP) is 3.91. The van der Waals surface area contributed by atoms with E-state index in [1.165, 1.54) is 25.6 Å². The second kappa shape index (κ2) is 8.88. The third-order valence-electron chi connectivity index (χ3n) is 4.21. The highest BCUT2D eigenvalue weighted by molar-refractivity contribution is 6.08. The van der Waals surface area contributed by atoms with Gasteiger partial charge in [-0.1, -0.05) is 6.07 Å². The number of carbonyl (C=O) groups is 2. The van der Waals surface area contributed by atoms with Crippen LogP contribution in [-0.2, 0) is 0 Å². The van der Waals surface area contributed by atoms with Crippen molar-refractivity contribution >= 4 is 23.2 Å². The number of hydrogen-bond acceptors (Lipinski definition) is 5. The van der Waals surface area contributed by atoms with Crippen LogP contribution in [0.5, 0.6) is 11.5 Å². The van der Waals surface area contributed by atoms with E-state index in [-0.39, 0.29) is 22.9 Å². The van der Waals surface area contributed by atoms with Crippen LogP contribution in [0.4, 0.5) is 11.4 Å². The minimum atomic E-state index is -0.388. The van der Waals surface area contributed by atoms with Crippen LogP contribution in [0, 0.1) is 6.92 Å². The second-order valence-electron chi connectivity index (χ2n) is 6.30. The number of ether oxygens (including phenoxy) is 2. The van der Waals surface area contributed by atoms with Gasteiger partial charge in [-0.15, -0.1) is 0 Å². The minimum absolute atomic E-state index is 0.260. The van der Waals surface area contributed by atoms with Gasteiger partial charge >= 0.3 is 0 Å². The third-order valence-corrected chi connectivity index (χ3v) is 4.21. The molecule has 0 aliphatic heterocycles. The molecule has 0 aliphatic carbocycles. The number of anilines is 2. The topological polar surface area (TPSA) is 89.5 Å². The zero-order valence-electron chi connectivity index (χ0n) is 16.4. The average Bonchev–Trinajstić information content (AvgIpc) is 2.74. The lowest BCUT2D eigenvalue weighted by Gasteiger charge is -2.11. The molecular formula is C22H21N3O4. The molecule has 0 radical (unpaired) electrons. The Labute approximate surface area is 168 Å². The van der Waals surface area contributed by atoms with E-state index in [0.29, 0.717) is 22.9 Å². The molecule has 1 aromatic heterocycles. The highest BCUT2D eigenvalue weighted by Crippen LogP contribution is 2.25. The van der Waals surface area contributed by atoms with Crippen molar-refractivity contribution in [1.82, 2.24) is 4.98 Å². The molecule has 0 spiro atoms. The van der Waals surface area contributed by atoms with Crippen LogP contribution in [0.15, 0.2) is 60.9 Å². The van der Waals surface area contributed by atoms with E-state index in [2.05, 4.69) is 15.6 Å². The Kier molecular flexibility index (Phi) is 6.09. The Morgan fingerprint density at radius 3 is 2.10 bits per heavy atom. The fourth-order valence-corrected chi connectivity index (χ4v) is 2.68. The Bertz CT molecular complexity index is 1030. The molecule has 0 fully saturated rings. The summed E-state index contributed by atoms with van der Waals surface area (Å²) in [5.41, 5.74) is 2.66. The number of amides is 2. The Morgan fingerprint density at radius 2 is 1.48 bits per heavy atom. The molecule has 3 aromatic rings. The molecule has 0 saturated heterocycles. The van der Waals surface area contributed by atoms with Crippen LogP contribution >= 0.6 is 0 Å². The van der Waals surface area contributed by atoms with E-state index < -0.39 is 0 Å². The molecule has 1 heterocycles. The number of pyridine rings is 1. The first-order chi connectivity index (χ1) is 14.0. The van der Waals surface area contributed by atoms with Crippen molar-refractivity contribution in [3.8, 4) is 11.5 Å². The summed E-state index contributed by atoms with van der Waals surface area (Å²) < 4.78 is 10.4.